The molecule has 6 heteroatoms. The van der Waals surface area contributed by atoms with E-state index in [0.717, 1.165) is 5.69 Å². The molecular formula is C16H27N5O. The monoisotopic (exact) mass is 305 g/mol. The van der Waals surface area contributed by atoms with Gasteiger partial charge in [-0.15, -0.1) is 0 Å². The van der Waals surface area contributed by atoms with Crippen molar-refractivity contribution in [2.24, 2.45) is 22.2 Å². The van der Waals surface area contributed by atoms with Gasteiger partial charge in [-0.2, -0.15) is 0 Å². The van der Waals surface area contributed by atoms with Crippen molar-refractivity contribution in [3.05, 3.63) is 29.8 Å². The van der Waals surface area contributed by atoms with Gasteiger partial charge in [0.05, 0.1) is 6.04 Å². The number of rotatable bonds is 6. The number of carbonyl (C=O) groups excluding carboxylic acids is 1. The molecule has 1 aromatic carbocycles. The quantitative estimate of drug-likeness (QED) is 0.360. The minimum Gasteiger partial charge on any atom is -0.370 e. The maximum absolute atomic E-state index is 12.0. The summed E-state index contributed by atoms with van der Waals surface area (Å²) in [6, 6.07) is 7.24. The molecule has 7 N–H and O–H groups in total. The molecule has 0 spiro atoms. The predicted molar refractivity (Wildman–Crippen MR) is 91.7 cm³/mol. The highest BCUT2D eigenvalue weighted by Crippen LogP contribution is 2.23. The average molecular weight is 305 g/mol. The Labute approximate surface area is 132 Å². The molecule has 0 saturated heterocycles. The molecule has 0 bridgehead atoms. The van der Waals surface area contributed by atoms with Crippen molar-refractivity contribution in [3.8, 4) is 0 Å². The van der Waals surface area contributed by atoms with E-state index in [2.05, 4.69) is 31.1 Å². The van der Waals surface area contributed by atoms with Crippen molar-refractivity contribution >= 4 is 17.6 Å². The van der Waals surface area contributed by atoms with Crippen LogP contribution in [0.25, 0.3) is 0 Å². The summed E-state index contributed by atoms with van der Waals surface area (Å²) >= 11 is 0. The molecule has 0 aliphatic rings. The number of carbonyl (C=O) groups is 1. The lowest BCUT2D eigenvalue weighted by atomic mass is 9.87. The Morgan fingerprint density at radius 1 is 1.23 bits per heavy atom. The minimum atomic E-state index is -0.573. The summed E-state index contributed by atoms with van der Waals surface area (Å²) in [5, 5.41) is 2.82. The first-order chi connectivity index (χ1) is 10.2. The normalized spacial score (nSPS) is 12.5. The summed E-state index contributed by atoms with van der Waals surface area (Å²) in [6.07, 6.45) is 1.19. The van der Waals surface area contributed by atoms with Gasteiger partial charge in [-0.05, 0) is 36.0 Å². The number of hydrogen-bond acceptors (Lipinski definition) is 3. The second-order valence-corrected chi connectivity index (χ2v) is 6.37. The number of guanidine groups is 1. The zero-order valence-electron chi connectivity index (χ0n) is 13.6. The van der Waals surface area contributed by atoms with Crippen LogP contribution < -0.4 is 22.5 Å². The van der Waals surface area contributed by atoms with Crippen LogP contribution in [0.1, 0.15) is 39.2 Å². The topological polar surface area (TPSA) is 120 Å². The van der Waals surface area contributed by atoms with Crippen molar-refractivity contribution in [3.63, 3.8) is 0 Å². The van der Waals surface area contributed by atoms with Crippen LogP contribution in [-0.2, 0) is 10.2 Å². The molecule has 0 radical (unpaired) electrons. The van der Waals surface area contributed by atoms with Gasteiger partial charge in [0.2, 0.25) is 5.91 Å². The molecule has 0 aromatic heterocycles. The summed E-state index contributed by atoms with van der Waals surface area (Å²) in [4.78, 5) is 15.9. The third kappa shape index (κ3) is 6.13. The van der Waals surface area contributed by atoms with Crippen molar-refractivity contribution in [2.45, 2.75) is 45.1 Å². The standard InChI is InChI=1S/C16H27N5O/c1-16(2,3)11-6-8-12(9-7-11)21-14(22)13(17)5-4-10-20-15(18)19/h6-9,13H,4-5,10,17H2,1-3H3,(H,21,22)(H4,18,19,20)/t13-/m0/s1. The summed E-state index contributed by atoms with van der Waals surface area (Å²) in [5.41, 5.74) is 18.4. The molecule has 22 heavy (non-hydrogen) atoms. The summed E-state index contributed by atoms with van der Waals surface area (Å²) in [5.74, 6) is -0.148. The number of anilines is 1. The molecule has 6 nitrogen and oxygen atoms in total. The zero-order valence-corrected chi connectivity index (χ0v) is 13.6. The van der Waals surface area contributed by atoms with Crippen LogP contribution in [0.2, 0.25) is 0 Å². The fourth-order valence-corrected chi connectivity index (χ4v) is 1.94. The first kappa shape index (κ1) is 18.0. The van der Waals surface area contributed by atoms with E-state index in [1.807, 2.05) is 24.3 Å². The molecular weight excluding hydrogens is 278 g/mol. The van der Waals surface area contributed by atoms with Gasteiger partial charge in [-0.1, -0.05) is 32.9 Å². The van der Waals surface area contributed by atoms with Crippen LogP contribution in [0.3, 0.4) is 0 Å². The van der Waals surface area contributed by atoms with Crippen molar-refractivity contribution < 1.29 is 4.79 Å². The molecule has 1 atom stereocenters. The second kappa shape index (κ2) is 7.79. The minimum absolute atomic E-state index is 0.0527. The van der Waals surface area contributed by atoms with Crippen LogP contribution in [-0.4, -0.2) is 24.5 Å². The van der Waals surface area contributed by atoms with E-state index < -0.39 is 6.04 Å². The van der Waals surface area contributed by atoms with Crippen LogP contribution in [0.5, 0.6) is 0 Å². The molecule has 1 rings (SSSR count). The fourth-order valence-electron chi connectivity index (χ4n) is 1.94. The highest BCUT2D eigenvalue weighted by Gasteiger charge is 2.15. The molecule has 122 valence electrons. The second-order valence-electron chi connectivity index (χ2n) is 6.37. The number of amides is 1. The zero-order chi connectivity index (χ0) is 16.8. The lowest BCUT2D eigenvalue weighted by Crippen LogP contribution is -2.35. The maximum atomic E-state index is 12.0. The average Bonchev–Trinajstić information content (AvgIpc) is 2.42. The summed E-state index contributed by atoms with van der Waals surface area (Å²) in [6.45, 7) is 6.91. The van der Waals surface area contributed by atoms with E-state index in [1.165, 1.54) is 5.56 Å². The van der Waals surface area contributed by atoms with Crippen LogP contribution in [0, 0.1) is 0 Å². The van der Waals surface area contributed by atoms with Gasteiger partial charge in [0, 0.05) is 12.2 Å². The Balaban J connectivity index is 2.48. The number of aliphatic imine (C=N–C) groups is 1. The summed E-state index contributed by atoms with van der Waals surface area (Å²) in [7, 11) is 0. The highest BCUT2D eigenvalue weighted by atomic mass is 16.2. The molecule has 1 aromatic rings. The molecule has 0 aliphatic heterocycles. The summed E-state index contributed by atoms with van der Waals surface area (Å²) < 4.78 is 0. The highest BCUT2D eigenvalue weighted by molar-refractivity contribution is 5.94. The number of nitrogens with zero attached hydrogens (tertiary/aromatic N) is 1. The van der Waals surface area contributed by atoms with Gasteiger partial charge in [0.25, 0.3) is 0 Å². The molecule has 0 fully saturated rings. The Bertz CT molecular complexity index is 512. The SMILES string of the molecule is CC(C)(C)c1ccc(NC(=O)[C@@H](N)CCCN=C(N)N)cc1. The number of hydrogen-bond donors (Lipinski definition) is 4. The third-order valence-electron chi connectivity index (χ3n) is 3.32. The van der Waals surface area contributed by atoms with Gasteiger partial charge in [0.15, 0.2) is 5.96 Å². The van der Waals surface area contributed by atoms with E-state index in [0.29, 0.717) is 19.4 Å². The van der Waals surface area contributed by atoms with Gasteiger partial charge in [0.1, 0.15) is 0 Å². The molecule has 0 saturated carbocycles. The predicted octanol–water partition coefficient (Wildman–Crippen LogP) is 1.30. The van der Waals surface area contributed by atoms with E-state index in [4.69, 9.17) is 17.2 Å². The van der Waals surface area contributed by atoms with Crippen LogP contribution >= 0.6 is 0 Å². The van der Waals surface area contributed by atoms with E-state index in [1.54, 1.807) is 0 Å². The van der Waals surface area contributed by atoms with Crippen molar-refractivity contribution in [1.29, 1.82) is 0 Å². The van der Waals surface area contributed by atoms with Gasteiger partial charge < -0.3 is 22.5 Å². The van der Waals surface area contributed by atoms with Gasteiger partial charge >= 0.3 is 0 Å². The molecule has 0 aliphatic carbocycles. The van der Waals surface area contributed by atoms with Gasteiger partial charge in [-0.25, -0.2) is 0 Å². The van der Waals surface area contributed by atoms with Gasteiger partial charge in [-0.3, -0.25) is 9.79 Å². The number of nitrogens with one attached hydrogen (secondary N) is 1. The third-order valence-corrected chi connectivity index (χ3v) is 3.32. The number of benzene rings is 1. The molecule has 0 unspecified atom stereocenters. The lowest BCUT2D eigenvalue weighted by Gasteiger charge is -2.19. The van der Waals surface area contributed by atoms with E-state index in [-0.39, 0.29) is 17.3 Å². The Morgan fingerprint density at radius 2 is 1.82 bits per heavy atom. The van der Waals surface area contributed by atoms with Crippen molar-refractivity contribution in [2.75, 3.05) is 11.9 Å². The maximum Gasteiger partial charge on any atom is 0.241 e. The molecule has 0 heterocycles. The van der Waals surface area contributed by atoms with E-state index in [9.17, 15) is 4.79 Å². The Kier molecular flexibility index (Phi) is 6.37. The van der Waals surface area contributed by atoms with Crippen LogP contribution in [0.4, 0.5) is 5.69 Å². The molecule has 1 amide bonds. The lowest BCUT2D eigenvalue weighted by molar-refractivity contribution is -0.117. The van der Waals surface area contributed by atoms with Crippen molar-refractivity contribution in [1.82, 2.24) is 0 Å². The largest absolute Gasteiger partial charge is 0.370 e. The van der Waals surface area contributed by atoms with Crippen LogP contribution in [0.15, 0.2) is 29.3 Å². The smallest absolute Gasteiger partial charge is 0.241 e. The Hall–Kier alpha value is -2.08. The van der Waals surface area contributed by atoms with E-state index >= 15 is 0 Å². The first-order valence-corrected chi connectivity index (χ1v) is 7.42. The first-order valence-electron chi connectivity index (χ1n) is 7.42. The Morgan fingerprint density at radius 3 is 2.32 bits per heavy atom. The fraction of sp³-hybridized carbons (Fsp3) is 0.500. The number of nitrogens with two attached hydrogens (primary N) is 3.